The Morgan fingerprint density at radius 1 is 1.09 bits per heavy atom. The average molecular weight is 479 g/mol. The Labute approximate surface area is 192 Å². The molecule has 0 spiro atoms. The standard InChI is InChI=1S/C22H30N4O4S2/c27-21(23-18-9-3-4-10-18)16-8-5-11-26(13-16)32(28,29)19-12-17(14-31-19)20-24-22(30-25-20)15-6-1-2-7-15/h12,14-16,18H,1-11,13H2,(H,23,27)/t16-/m0/s1. The van der Waals surface area contributed by atoms with E-state index in [2.05, 4.69) is 15.5 Å². The van der Waals surface area contributed by atoms with Crippen LogP contribution in [0.4, 0.5) is 0 Å². The highest BCUT2D eigenvalue weighted by Crippen LogP contribution is 2.35. The van der Waals surface area contributed by atoms with Crippen molar-refractivity contribution in [2.24, 2.45) is 5.92 Å². The van der Waals surface area contributed by atoms with Gasteiger partial charge in [0, 0.05) is 36.0 Å². The van der Waals surface area contributed by atoms with Gasteiger partial charge in [0.1, 0.15) is 4.21 Å². The molecular formula is C22H30N4O4S2. The number of nitrogens with zero attached hydrogens (tertiary/aromatic N) is 3. The van der Waals surface area contributed by atoms with Gasteiger partial charge in [-0.25, -0.2) is 8.42 Å². The summed E-state index contributed by atoms with van der Waals surface area (Å²) in [6, 6.07) is 1.88. The molecular weight excluding hydrogens is 448 g/mol. The molecule has 1 N–H and O–H groups in total. The molecule has 5 rings (SSSR count). The molecule has 3 aliphatic rings. The molecule has 0 bridgehead atoms. The van der Waals surface area contributed by atoms with Crippen LogP contribution in [0.2, 0.25) is 0 Å². The van der Waals surface area contributed by atoms with Crippen molar-refractivity contribution < 1.29 is 17.7 Å². The van der Waals surface area contributed by atoms with Gasteiger partial charge in [-0.1, -0.05) is 30.8 Å². The number of amides is 1. The topological polar surface area (TPSA) is 105 Å². The fraction of sp³-hybridized carbons (Fsp3) is 0.682. The highest BCUT2D eigenvalue weighted by Gasteiger charge is 2.35. The third kappa shape index (κ3) is 4.49. The van der Waals surface area contributed by atoms with Gasteiger partial charge in [0.05, 0.1) is 5.92 Å². The number of carbonyl (C=O) groups is 1. The highest BCUT2D eigenvalue weighted by atomic mass is 32.2. The van der Waals surface area contributed by atoms with E-state index in [1.165, 1.54) is 28.5 Å². The molecule has 3 heterocycles. The lowest BCUT2D eigenvalue weighted by molar-refractivity contribution is -0.126. The Bertz CT molecular complexity index is 1050. The predicted octanol–water partition coefficient (Wildman–Crippen LogP) is 3.92. The molecule has 3 fully saturated rings. The van der Waals surface area contributed by atoms with Crippen LogP contribution in [0.15, 0.2) is 20.2 Å². The third-order valence-electron chi connectivity index (χ3n) is 7.03. The summed E-state index contributed by atoms with van der Waals surface area (Å²) in [6.45, 7) is 0.680. The fourth-order valence-electron chi connectivity index (χ4n) is 5.15. The van der Waals surface area contributed by atoms with Gasteiger partial charge in [0.25, 0.3) is 10.0 Å². The van der Waals surface area contributed by atoms with E-state index in [1.54, 1.807) is 11.4 Å². The van der Waals surface area contributed by atoms with Crippen molar-refractivity contribution in [3.05, 3.63) is 17.3 Å². The summed E-state index contributed by atoms with van der Waals surface area (Å²) in [7, 11) is -3.67. The van der Waals surface area contributed by atoms with Gasteiger partial charge < -0.3 is 9.84 Å². The lowest BCUT2D eigenvalue weighted by atomic mass is 9.98. The lowest BCUT2D eigenvalue weighted by Gasteiger charge is -2.31. The number of hydrogen-bond donors (Lipinski definition) is 1. The Hall–Kier alpha value is -1.78. The molecule has 0 unspecified atom stereocenters. The molecule has 174 valence electrons. The van der Waals surface area contributed by atoms with E-state index >= 15 is 0 Å². The van der Waals surface area contributed by atoms with E-state index < -0.39 is 10.0 Å². The largest absolute Gasteiger partial charge is 0.353 e. The Kier molecular flexibility index (Phi) is 6.35. The highest BCUT2D eigenvalue weighted by molar-refractivity contribution is 7.91. The normalized spacial score (nSPS) is 23.7. The maximum Gasteiger partial charge on any atom is 0.252 e. The van der Waals surface area contributed by atoms with Crippen LogP contribution >= 0.6 is 11.3 Å². The van der Waals surface area contributed by atoms with Crippen LogP contribution in [0.3, 0.4) is 0 Å². The van der Waals surface area contributed by atoms with Crippen molar-refractivity contribution in [2.75, 3.05) is 13.1 Å². The van der Waals surface area contributed by atoms with Crippen molar-refractivity contribution in [1.82, 2.24) is 19.8 Å². The molecule has 2 saturated carbocycles. The molecule has 1 atom stereocenters. The van der Waals surface area contributed by atoms with Crippen LogP contribution in [0.1, 0.15) is 76.0 Å². The summed E-state index contributed by atoms with van der Waals surface area (Å²) < 4.78 is 33.8. The second-order valence-electron chi connectivity index (χ2n) is 9.28. The van der Waals surface area contributed by atoms with Crippen LogP contribution in [0.25, 0.3) is 11.4 Å². The SMILES string of the molecule is O=C(NC1CCCC1)[C@H]1CCCN(S(=O)(=O)c2cc(-c3noc(C4CCCC4)n3)cs2)C1. The fourth-order valence-corrected chi connectivity index (χ4v) is 7.99. The molecule has 1 amide bonds. The number of carbonyl (C=O) groups excluding carboxylic acids is 1. The summed E-state index contributed by atoms with van der Waals surface area (Å²) in [4.78, 5) is 17.2. The first-order chi connectivity index (χ1) is 15.5. The quantitative estimate of drug-likeness (QED) is 0.675. The monoisotopic (exact) mass is 478 g/mol. The summed E-state index contributed by atoms with van der Waals surface area (Å²) in [5, 5.41) is 8.98. The smallest absolute Gasteiger partial charge is 0.252 e. The van der Waals surface area contributed by atoms with Gasteiger partial charge in [-0.2, -0.15) is 9.29 Å². The van der Waals surface area contributed by atoms with Crippen LogP contribution < -0.4 is 5.32 Å². The van der Waals surface area contributed by atoms with E-state index in [-0.39, 0.29) is 28.6 Å². The Balaban J connectivity index is 1.27. The lowest BCUT2D eigenvalue weighted by Crippen LogP contribution is -2.47. The number of thiophene rings is 1. The van der Waals surface area contributed by atoms with E-state index in [9.17, 15) is 13.2 Å². The van der Waals surface area contributed by atoms with E-state index in [4.69, 9.17) is 4.52 Å². The van der Waals surface area contributed by atoms with Crippen LogP contribution in [-0.2, 0) is 14.8 Å². The van der Waals surface area contributed by atoms with Gasteiger partial charge >= 0.3 is 0 Å². The summed E-state index contributed by atoms with van der Waals surface area (Å²) in [5.41, 5.74) is 0.661. The van der Waals surface area contributed by atoms with Gasteiger partial charge in [-0.3, -0.25) is 4.79 Å². The number of piperidine rings is 1. The molecule has 1 aliphatic heterocycles. The van der Waals surface area contributed by atoms with Crippen molar-refractivity contribution in [2.45, 2.75) is 80.4 Å². The molecule has 0 aromatic carbocycles. The first-order valence-electron chi connectivity index (χ1n) is 11.7. The van der Waals surface area contributed by atoms with Crippen molar-refractivity contribution in [1.29, 1.82) is 0 Å². The van der Waals surface area contributed by atoms with Gasteiger partial charge in [0.2, 0.25) is 17.6 Å². The number of rotatable bonds is 6. The zero-order valence-corrected chi connectivity index (χ0v) is 19.8. The number of sulfonamides is 1. The molecule has 8 nitrogen and oxygen atoms in total. The van der Waals surface area contributed by atoms with Crippen molar-refractivity contribution >= 4 is 27.3 Å². The zero-order chi connectivity index (χ0) is 22.1. The van der Waals surface area contributed by atoms with Crippen molar-refractivity contribution in [3.63, 3.8) is 0 Å². The second kappa shape index (κ2) is 9.23. The molecule has 1 saturated heterocycles. The van der Waals surface area contributed by atoms with Crippen LogP contribution in [0.5, 0.6) is 0 Å². The number of nitrogens with one attached hydrogen (secondary N) is 1. The van der Waals surface area contributed by atoms with Crippen molar-refractivity contribution in [3.8, 4) is 11.4 Å². The number of hydrogen-bond acceptors (Lipinski definition) is 7. The minimum atomic E-state index is -3.67. The van der Waals surface area contributed by atoms with Gasteiger partial charge in [0.15, 0.2) is 0 Å². The summed E-state index contributed by atoms with van der Waals surface area (Å²) in [5.74, 6) is 1.12. The molecule has 32 heavy (non-hydrogen) atoms. The average Bonchev–Trinajstić information content (AvgIpc) is 3.60. The van der Waals surface area contributed by atoms with E-state index in [1.807, 2.05) is 0 Å². The Morgan fingerprint density at radius 3 is 2.62 bits per heavy atom. The molecule has 10 heteroatoms. The van der Waals surface area contributed by atoms with E-state index in [0.717, 1.165) is 44.9 Å². The minimum absolute atomic E-state index is 0.00471. The first-order valence-corrected chi connectivity index (χ1v) is 14.1. The summed E-state index contributed by atoms with van der Waals surface area (Å²) in [6.07, 6.45) is 10.3. The Morgan fingerprint density at radius 2 is 1.84 bits per heavy atom. The third-order valence-corrected chi connectivity index (χ3v) is 10.3. The molecule has 0 radical (unpaired) electrons. The molecule has 2 aromatic heterocycles. The van der Waals surface area contributed by atoms with Gasteiger partial charge in [-0.15, -0.1) is 11.3 Å². The molecule has 2 aliphatic carbocycles. The van der Waals surface area contributed by atoms with Crippen LogP contribution in [0, 0.1) is 5.92 Å². The maximum atomic E-state index is 13.3. The summed E-state index contributed by atoms with van der Waals surface area (Å²) >= 11 is 1.17. The van der Waals surface area contributed by atoms with Gasteiger partial charge in [-0.05, 0) is 44.6 Å². The van der Waals surface area contributed by atoms with E-state index in [0.29, 0.717) is 36.2 Å². The molecule has 2 aromatic rings. The number of aromatic nitrogens is 2. The first kappa shape index (κ1) is 22.0. The van der Waals surface area contributed by atoms with Crippen LogP contribution in [-0.4, -0.2) is 47.9 Å². The maximum absolute atomic E-state index is 13.3. The predicted molar refractivity (Wildman–Crippen MR) is 121 cm³/mol. The second-order valence-corrected chi connectivity index (χ2v) is 12.4. The zero-order valence-electron chi connectivity index (χ0n) is 18.2. The minimum Gasteiger partial charge on any atom is -0.353 e.